The fourth-order valence-corrected chi connectivity index (χ4v) is 1.06. The third-order valence-electron chi connectivity index (χ3n) is 1.74. The molecule has 0 amide bonds. The van der Waals surface area contributed by atoms with Gasteiger partial charge in [-0.05, 0) is 26.3 Å². The van der Waals surface area contributed by atoms with Crippen molar-refractivity contribution in [3.05, 3.63) is 0 Å². The second-order valence-electron chi connectivity index (χ2n) is 3.00. The molecule has 0 saturated carbocycles. The van der Waals surface area contributed by atoms with E-state index in [0.717, 1.165) is 6.04 Å². The molecule has 1 atom stereocenters. The summed E-state index contributed by atoms with van der Waals surface area (Å²) in [5, 5.41) is 3.48. The van der Waals surface area contributed by atoms with Gasteiger partial charge in [0.25, 0.3) is 0 Å². The van der Waals surface area contributed by atoms with Crippen molar-refractivity contribution >= 4 is 12.4 Å². The summed E-state index contributed by atoms with van der Waals surface area (Å²) in [7, 11) is 0. The highest BCUT2D eigenvalue weighted by molar-refractivity contribution is 5.85. The van der Waals surface area contributed by atoms with E-state index in [1.807, 2.05) is 0 Å². The molecule has 0 aliphatic heterocycles. The first-order valence-corrected chi connectivity index (χ1v) is 4.54. The third-order valence-corrected chi connectivity index (χ3v) is 1.74. The molecule has 0 aliphatic carbocycles. The van der Waals surface area contributed by atoms with Crippen LogP contribution in [0.4, 0.5) is 0 Å². The minimum atomic E-state index is 0. The number of hydrogen-bond donors (Lipinski definition) is 1. The Morgan fingerprint density at radius 3 is 2.27 bits per heavy atom. The van der Waals surface area contributed by atoms with Gasteiger partial charge in [0.05, 0.1) is 0 Å². The summed E-state index contributed by atoms with van der Waals surface area (Å²) in [6.07, 6.45) is 5.21. The lowest BCUT2D eigenvalue weighted by Gasteiger charge is -2.11. The number of nitrogens with one attached hydrogen (secondary N) is 1. The van der Waals surface area contributed by atoms with Crippen LogP contribution in [0.3, 0.4) is 0 Å². The largest absolute Gasteiger partial charge is 0.314 e. The molecule has 0 aromatic heterocycles. The third kappa shape index (κ3) is 10.2. The SMILES string of the molecule is CCCCNC(C)CCC.Cl. The average molecular weight is 180 g/mol. The highest BCUT2D eigenvalue weighted by Crippen LogP contribution is 1.94. The lowest BCUT2D eigenvalue weighted by Crippen LogP contribution is -2.26. The average Bonchev–Trinajstić information content (AvgIpc) is 1.89. The van der Waals surface area contributed by atoms with Gasteiger partial charge in [0, 0.05) is 6.04 Å². The van der Waals surface area contributed by atoms with Gasteiger partial charge < -0.3 is 5.32 Å². The van der Waals surface area contributed by atoms with E-state index in [-0.39, 0.29) is 12.4 Å². The Kier molecular flexibility index (Phi) is 12.9. The van der Waals surface area contributed by atoms with E-state index in [1.165, 1.54) is 32.2 Å². The van der Waals surface area contributed by atoms with E-state index in [4.69, 9.17) is 0 Å². The van der Waals surface area contributed by atoms with E-state index in [1.54, 1.807) is 0 Å². The molecule has 0 aromatic carbocycles. The summed E-state index contributed by atoms with van der Waals surface area (Å²) < 4.78 is 0. The Morgan fingerprint density at radius 2 is 1.82 bits per heavy atom. The van der Waals surface area contributed by atoms with E-state index >= 15 is 0 Å². The van der Waals surface area contributed by atoms with Gasteiger partial charge in [-0.3, -0.25) is 0 Å². The maximum Gasteiger partial charge on any atom is 0.00386 e. The van der Waals surface area contributed by atoms with Crippen LogP contribution in [-0.4, -0.2) is 12.6 Å². The van der Waals surface area contributed by atoms with E-state index in [2.05, 4.69) is 26.1 Å². The lowest BCUT2D eigenvalue weighted by molar-refractivity contribution is 0.499. The Bertz CT molecular complexity index is 66.6. The predicted octanol–water partition coefficient (Wildman–Crippen LogP) is 2.99. The first kappa shape index (κ1) is 13.8. The van der Waals surface area contributed by atoms with Crippen molar-refractivity contribution in [1.29, 1.82) is 0 Å². The van der Waals surface area contributed by atoms with Crippen molar-refractivity contribution in [2.75, 3.05) is 6.54 Å². The summed E-state index contributed by atoms with van der Waals surface area (Å²) >= 11 is 0. The van der Waals surface area contributed by atoms with E-state index in [9.17, 15) is 0 Å². The van der Waals surface area contributed by atoms with Crippen LogP contribution in [0, 0.1) is 0 Å². The molecule has 1 unspecified atom stereocenters. The highest BCUT2D eigenvalue weighted by Gasteiger charge is 1.96. The van der Waals surface area contributed by atoms with Crippen molar-refractivity contribution in [1.82, 2.24) is 5.32 Å². The molecule has 0 radical (unpaired) electrons. The standard InChI is InChI=1S/C9H21N.ClH/c1-4-6-8-10-9(3)7-5-2;/h9-10H,4-8H2,1-3H3;1H. The molecule has 0 heterocycles. The molecule has 0 bridgehead atoms. The van der Waals surface area contributed by atoms with Gasteiger partial charge in [0.2, 0.25) is 0 Å². The Hall–Kier alpha value is 0.250. The van der Waals surface area contributed by atoms with Crippen molar-refractivity contribution in [2.45, 2.75) is 52.5 Å². The molecule has 70 valence electrons. The van der Waals surface area contributed by atoms with Gasteiger partial charge in [-0.15, -0.1) is 12.4 Å². The van der Waals surface area contributed by atoms with Crippen molar-refractivity contribution in [3.63, 3.8) is 0 Å². The zero-order chi connectivity index (χ0) is 7.82. The molecule has 0 fully saturated rings. The van der Waals surface area contributed by atoms with E-state index in [0.29, 0.717) is 0 Å². The van der Waals surface area contributed by atoms with Gasteiger partial charge in [0.1, 0.15) is 0 Å². The highest BCUT2D eigenvalue weighted by atomic mass is 35.5. The quantitative estimate of drug-likeness (QED) is 0.619. The lowest BCUT2D eigenvalue weighted by atomic mass is 10.2. The van der Waals surface area contributed by atoms with Gasteiger partial charge in [-0.25, -0.2) is 0 Å². The van der Waals surface area contributed by atoms with Gasteiger partial charge >= 0.3 is 0 Å². The Labute approximate surface area is 77.4 Å². The second kappa shape index (κ2) is 10.2. The molecular formula is C9H22ClN. The zero-order valence-corrected chi connectivity index (χ0v) is 8.84. The summed E-state index contributed by atoms with van der Waals surface area (Å²) in [5.74, 6) is 0. The van der Waals surface area contributed by atoms with Crippen LogP contribution in [0.5, 0.6) is 0 Å². The summed E-state index contributed by atoms with van der Waals surface area (Å²) in [6.45, 7) is 7.92. The van der Waals surface area contributed by atoms with Crippen LogP contribution in [-0.2, 0) is 0 Å². The van der Waals surface area contributed by atoms with Crippen molar-refractivity contribution < 1.29 is 0 Å². The van der Waals surface area contributed by atoms with Crippen LogP contribution < -0.4 is 5.32 Å². The minimum Gasteiger partial charge on any atom is -0.314 e. The second-order valence-corrected chi connectivity index (χ2v) is 3.00. The van der Waals surface area contributed by atoms with Crippen LogP contribution in [0.25, 0.3) is 0 Å². The molecule has 0 rings (SSSR count). The van der Waals surface area contributed by atoms with Crippen molar-refractivity contribution in [3.8, 4) is 0 Å². The molecule has 1 nitrogen and oxygen atoms in total. The number of unbranched alkanes of at least 4 members (excludes halogenated alkanes) is 1. The van der Waals surface area contributed by atoms with Crippen LogP contribution in [0.2, 0.25) is 0 Å². The molecular weight excluding hydrogens is 158 g/mol. The van der Waals surface area contributed by atoms with Gasteiger partial charge in [-0.2, -0.15) is 0 Å². The Morgan fingerprint density at radius 1 is 1.18 bits per heavy atom. The summed E-state index contributed by atoms with van der Waals surface area (Å²) in [6, 6.07) is 0.719. The first-order chi connectivity index (χ1) is 4.81. The van der Waals surface area contributed by atoms with Crippen LogP contribution >= 0.6 is 12.4 Å². The predicted molar refractivity (Wildman–Crippen MR) is 54.5 cm³/mol. The summed E-state index contributed by atoms with van der Waals surface area (Å²) in [5.41, 5.74) is 0. The molecule has 11 heavy (non-hydrogen) atoms. The van der Waals surface area contributed by atoms with Crippen LogP contribution in [0.15, 0.2) is 0 Å². The minimum absolute atomic E-state index is 0. The monoisotopic (exact) mass is 179 g/mol. The normalized spacial score (nSPS) is 12.3. The molecule has 0 aliphatic rings. The first-order valence-electron chi connectivity index (χ1n) is 4.54. The van der Waals surface area contributed by atoms with Gasteiger partial charge in [-0.1, -0.05) is 26.7 Å². The van der Waals surface area contributed by atoms with Gasteiger partial charge in [0.15, 0.2) is 0 Å². The smallest absolute Gasteiger partial charge is 0.00386 e. The molecule has 0 aromatic rings. The fourth-order valence-electron chi connectivity index (χ4n) is 1.06. The fraction of sp³-hybridized carbons (Fsp3) is 1.00. The Balaban J connectivity index is 0. The summed E-state index contributed by atoms with van der Waals surface area (Å²) in [4.78, 5) is 0. The number of hydrogen-bond acceptors (Lipinski definition) is 1. The molecule has 0 spiro atoms. The molecule has 2 heteroatoms. The number of halogens is 1. The van der Waals surface area contributed by atoms with Crippen LogP contribution in [0.1, 0.15) is 46.5 Å². The molecule has 1 N–H and O–H groups in total. The zero-order valence-electron chi connectivity index (χ0n) is 8.02. The maximum atomic E-state index is 3.48. The van der Waals surface area contributed by atoms with E-state index < -0.39 is 0 Å². The van der Waals surface area contributed by atoms with Crippen molar-refractivity contribution in [2.24, 2.45) is 0 Å². The number of rotatable bonds is 6. The molecule has 0 saturated heterocycles. The topological polar surface area (TPSA) is 12.0 Å². The maximum absolute atomic E-state index is 3.48.